The maximum absolute atomic E-state index is 5.93. The monoisotopic (exact) mass is 341 g/mol. The fourth-order valence-electron chi connectivity index (χ4n) is 2.82. The molecule has 0 saturated carbocycles. The van der Waals surface area contributed by atoms with Crippen molar-refractivity contribution in [3.05, 3.63) is 34.3 Å². The second kappa shape index (κ2) is 8.81. The predicted octanol–water partition coefficient (Wildman–Crippen LogP) is 4.57. The summed E-state index contributed by atoms with van der Waals surface area (Å²) in [4.78, 5) is 0. The highest BCUT2D eigenvalue weighted by molar-refractivity contribution is 9.10. The minimum Gasteiger partial charge on any atom is -0.377 e. The zero-order valence-electron chi connectivity index (χ0n) is 13.2. The third-order valence-corrected chi connectivity index (χ3v) is 5.03. The number of rotatable bonds is 9. The lowest BCUT2D eigenvalue weighted by atomic mass is 9.84. The molecule has 0 aliphatic heterocycles. The predicted molar refractivity (Wildman–Crippen MR) is 90.2 cm³/mol. The lowest BCUT2D eigenvalue weighted by molar-refractivity contribution is -0.0472. The summed E-state index contributed by atoms with van der Waals surface area (Å²) >= 11 is 3.66. The summed E-state index contributed by atoms with van der Waals surface area (Å²) in [5.74, 6) is 0. The third kappa shape index (κ3) is 4.31. The SMILES string of the molecule is CCCNC(Cc1ccccc1Br)C(CC)(CC)OC. The van der Waals surface area contributed by atoms with Crippen LogP contribution in [0, 0.1) is 0 Å². The maximum atomic E-state index is 5.93. The molecule has 3 heteroatoms. The molecule has 1 N–H and O–H groups in total. The second-order valence-corrected chi connectivity index (χ2v) is 6.13. The van der Waals surface area contributed by atoms with E-state index in [0.717, 1.165) is 32.2 Å². The molecule has 1 atom stereocenters. The van der Waals surface area contributed by atoms with Gasteiger partial charge in [-0.1, -0.05) is 54.9 Å². The summed E-state index contributed by atoms with van der Waals surface area (Å²) < 4.78 is 7.11. The van der Waals surface area contributed by atoms with Gasteiger partial charge in [0.2, 0.25) is 0 Å². The van der Waals surface area contributed by atoms with Crippen molar-refractivity contribution in [2.45, 2.75) is 58.1 Å². The van der Waals surface area contributed by atoms with E-state index in [-0.39, 0.29) is 5.60 Å². The van der Waals surface area contributed by atoms with E-state index < -0.39 is 0 Å². The van der Waals surface area contributed by atoms with Crippen LogP contribution in [0.25, 0.3) is 0 Å². The molecule has 2 nitrogen and oxygen atoms in total. The Balaban J connectivity index is 2.96. The quantitative estimate of drug-likeness (QED) is 0.710. The Morgan fingerprint density at radius 1 is 1.20 bits per heavy atom. The molecule has 0 bridgehead atoms. The molecule has 1 aromatic carbocycles. The first-order valence-electron chi connectivity index (χ1n) is 7.65. The van der Waals surface area contributed by atoms with Gasteiger partial charge in [-0.15, -0.1) is 0 Å². The van der Waals surface area contributed by atoms with Gasteiger partial charge in [-0.05, 0) is 43.9 Å². The number of ether oxygens (including phenoxy) is 1. The molecule has 20 heavy (non-hydrogen) atoms. The van der Waals surface area contributed by atoms with Crippen LogP contribution in [-0.2, 0) is 11.2 Å². The topological polar surface area (TPSA) is 21.3 Å². The van der Waals surface area contributed by atoms with Crippen molar-refractivity contribution in [2.75, 3.05) is 13.7 Å². The Morgan fingerprint density at radius 2 is 1.85 bits per heavy atom. The van der Waals surface area contributed by atoms with Crippen LogP contribution >= 0.6 is 15.9 Å². The first-order valence-corrected chi connectivity index (χ1v) is 8.44. The summed E-state index contributed by atoms with van der Waals surface area (Å²) in [5, 5.41) is 3.69. The molecule has 0 spiro atoms. The zero-order chi connectivity index (χ0) is 15.0. The Kier molecular flexibility index (Phi) is 7.78. The number of nitrogens with one attached hydrogen (secondary N) is 1. The Labute approximate surface area is 132 Å². The van der Waals surface area contributed by atoms with Gasteiger partial charge >= 0.3 is 0 Å². The van der Waals surface area contributed by atoms with Crippen LogP contribution in [0.1, 0.15) is 45.6 Å². The molecule has 0 aliphatic carbocycles. The highest BCUT2D eigenvalue weighted by atomic mass is 79.9. The van der Waals surface area contributed by atoms with Crippen molar-refractivity contribution < 1.29 is 4.74 Å². The Morgan fingerprint density at radius 3 is 2.35 bits per heavy atom. The van der Waals surface area contributed by atoms with Gasteiger partial charge in [0.25, 0.3) is 0 Å². The van der Waals surface area contributed by atoms with E-state index in [4.69, 9.17) is 4.74 Å². The third-order valence-electron chi connectivity index (χ3n) is 4.26. The zero-order valence-corrected chi connectivity index (χ0v) is 14.8. The highest BCUT2D eigenvalue weighted by Crippen LogP contribution is 2.28. The molecule has 0 aromatic heterocycles. The van der Waals surface area contributed by atoms with Gasteiger partial charge in [-0.25, -0.2) is 0 Å². The summed E-state index contributed by atoms with van der Waals surface area (Å²) in [5.41, 5.74) is 1.24. The normalized spacial score (nSPS) is 13.4. The number of halogens is 1. The van der Waals surface area contributed by atoms with Gasteiger partial charge in [0.05, 0.1) is 5.60 Å². The summed E-state index contributed by atoms with van der Waals surface area (Å²) in [6.45, 7) is 7.66. The first-order chi connectivity index (χ1) is 9.63. The van der Waals surface area contributed by atoms with E-state index >= 15 is 0 Å². The number of methoxy groups -OCH3 is 1. The van der Waals surface area contributed by atoms with Crippen molar-refractivity contribution in [3.8, 4) is 0 Å². The fourth-order valence-corrected chi connectivity index (χ4v) is 3.27. The van der Waals surface area contributed by atoms with Crippen LogP contribution in [0.3, 0.4) is 0 Å². The summed E-state index contributed by atoms with van der Waals surface area (Å²) in [7, 11) is 1.84. The van der Waals surface area contributed by atoms with Crippen LogP contribution in [0.2, 0.25) is 0 Å². The van der Waals surface area contributed by atoms with Crippen molar-refractivity contribution in [2.24, 2.45) is 0 Å². The molecular weight excluding hydrogens is 314 g/mol. The maximum Gasteiger partial charge on any atom is 0.0828 e. The van der Waals surface area contributed by atoms with Gasteiger partial charge in [0.1, 0.15) is 0 Å². The van der Waals surface area contributed by atoms with Crippen molar-refractivity contribution in [3.63, 3.8) is 0 Å². The minimum absolute atomic E-state index is 0.0928. The Bertz CT molecular complexity index is 382. The molecule has 0 saturated heterocycles. The summed E-state index contributed by atoms with van der Waals surface area (Å²) in [6, 6.07) is 8.80. The van der Waals surface area contributed by atoms with E-state index in [0.29, 0.717) is 6.04 Å². The van der Waals surface area contributed by atoms with Crippen molar-refractivity contribution in [1.82, 2.24) is 5.32 Å². The molecule has 0 radical (unpaired) electrons. The van der Waals surface area contributed by atoms with Crippen molar-refractivity contribution >= 4 is 15.9 Å². The number of hydrogen-bond donors (Lipinski definition) is 1. The fraction of sp³-hybridized carbons (Fsp3) is 0.647. The van der Waals surface area contributed by atoms with E-state index in [2.05, 4.69) is 66.3 Å². The molecule has 0 aliphatic rings. The molecular formula is C17H28BrNO. The van der Waals surface area contributed by atoms with E-state index in [1.165, 1.54) is 10.0 Å². The standard InChI is InChI=1S/C17H28BrNO/c1-5-12-19-16(17(6-2,7-3)20-4)13-14-10-8-9-11-15(14)18/h8-11,16,19H,5-7,12-13H2,1-4H3. The molecule has 0 fully saturated rings. The average molecular weight is 342 g/mol. The van der Waals surface area contributed by atoms with Crippen molar-refractivity contribution in [1.29, 1.82) is 0 Å². The van der Waals surface area contributed by atoms with Crippen LogP contribution in [0.5, 0.6) is 0 Å². The molecule has 1 rings (SSSR count). The van der Waals surface area contributed by atoms with Gasteiger partial charge in [0, 0.05) is 17.6 Å². The smallest absolute Gasteiger partial charge is 0.0828 e. The van der Waals surface area contributed by atoms with Crippen LogP contribution in [0.4, 0.5) is 0 Å². The molecule has 114 valence electrons. The van der Waals surface area contributed by atoms with Gasteiger partial charge in [-0.3, -0.25) is 0 Å². The van der Waals surface area contributed by atoms with E-state index in [1.54, 1.807) is 0 Å². The lowest BCUT2D eigenvalue weighted by Gasteiger charge is -2.39. The summed E-state index contributed by atoms with van der Waals surface area (Å²) in [6.07, 6.45) is 4.16. The van der Waals surface area contributed by atoms with Gasteiger partial charge in [0.15, 0.2) is 0 Å². The molecule has 0 heterocycles. The molecule has 0 amide bonds. The minimum atomic E-state index is -0.0928. The van der Waals surface area contributed by atoms with Gasteiger partial charge in [-0.2, -0.15) is 0 Å². The van der Waals surface area contributed by atoms with Crippen LogP contribution in [-0.4, -0.2) is 25.3 Å². The molecule has 1 aromatic rings. The van der Waals surface area contributed by atoms with E-state index in [1.807, 2.05) is 7.11 Å². The van der Waals surface area contributed by atoms with E-state index in [9.17, 15) is 0 Å². The lowest BCUT2D eigenvalue weighted by Crippen LogP contribution is -2.53. The van der Waals surface area contributed by atoms with Gasteiger partial charge < -0.3 is 10.1 Å². The first kappa shape index (κ1) is 17.7. The highest BCUT2D eigenvalue weighted by Gasteiger charge is 2.35. The Hall–Kier alpha value is -0.380. The second-order valence-electron chi connectivity index (χ2n) is 5.28. The average Bonchev–Trinajstić information content (AvgIpc) is 2.48. The number of hydrogen-bond acceptors (Lipinski definition) is 2. The number of benzene rings is 1. The molecule has 1 unspecified atom stereocenters. The van der Waals surface area contributed by atoms with Crippen LogP contribution < -0.4 is 5.32 Å². The van der Waals surface area contributed by atoms with Crippen LogP contribution in [0.15, 0.2) is 28.7 Å². The largest absolute Gasteiger partial charge is 0.377 e.